The molecule has 24 heavy (non-hydrogen) atoms. The summed E-state index contributed by atoms with van der Waals surface area (Å²) in [6.07, 6.45) is 1.61. The molecule has 122 valence electrons. The fourth-order valence-electron chi connectivity index (χ4n) is 2.36. The minimum absolute atomic E-state index is 0.131. The Morgan fingerprint density at radius 2 is 1.62 bits per heavy atom. The Kier molecular flexibility index (Phi) is 4.57. The maximum Gasteiger partial charge on any atom is 0.282 e. The number of carbonyl (C=O) groups is 2. The van der Waals surface area contributed by atoms with E-state index in [1.165, 1.54) is 5.01 Å². The fraction of sp³-hybridized carbons (Fsp3) is 0.111. The normalized spacial score (nSPS) is 15.8. The number of benzene rings is 2. The molecule has 2 aromatic rings. The van der Waals surface area contributed by atoms with Crippen LogP contribution in [0.3, 0.4) is 0 Å². The van der Waals surface area contributed by atoms with Crippen molar-refractivity contribution in [2.24, 2.45) is 0 Å². The Morgan fingerprint density at radius 3 is 2.21 bits per heavy atom. The van der Waals surface area contributed by atoms with E-state index in [0.717, 1.165) is 14.8 Å². The van der Waals surface area contributed by atoms with Gasteiger partial charge in [-0.05, 0) is 70.6 Å². The van der Waals surface area contributed by atoms with Gasteiger partial charge in [-0.2, -0.15) is 0 Å². The second-order valence-corrected chi connectivity index (χ2v) is 6.85. The Balaban J connectivity index is 1.87. The number of halogens is 1. The number of nitrogens with one attached hydrogen (secondary N) is 1. The molecule has 1 N–H and O–H groups in total. The minimum Gasteiger partial charge on any atom is -0.378 e. The highest BCUT2D eigenvalue weighted by Gasteiger charge is 2.34. The van der Waals surface area contributed by atoms with Gasteiger partial charge in [-0.3, -0.25) is 15.0 Å². The van der Waals surface area contributed by atoms with E-state index in [-0.39, 0.29) is 11.5 Å². The first-order valence-electron chi connectivity index (χ1n) is 7.36. The summed E-state index contributed by atoms with van der Waals surface area (Å²) in [6, 6.07) is 15.0. The van der Waals surface area contributed by atoms with E-state index in [9.17, 15) is 9.59 Å². The average Bonchev–Trinajstić information content (AvgIpc) is 2.84. The monoisotopic (exact) mass is 433 g/mol. The van der Waals surface area contributed by atoms with E-state index < -0.39 is 5.91 Å². The quantitative estimate of drug-likeness (QED) is 0.460. The summed E-state index contributed by atoms with van der Waals surface area (Å²) < 4.78 is 1.06. The highest BCUT2D eigenvalue weighted by molar-refractivity contribution is 14.1. The number of amides is 2. The molecule has 2 aromatic carbocycles. The molecule has 0 spiro atoms. The van der Waals surface area contributed by atoms with Gasteiger partial charge >= 0.3 is 0 Å². The standard InChI is InChI=1S/C18H16IN3O2/c1-21(2)14-7-3-12(4-8-14)11-16-17(23)20-22(18(16)24)15-9-5-13(19)6-10-15/h3-11H,1-2H3,(H,20,23)/b16-11-. The van der Waals surface area contributed by atoms with Crippen LogP contribution >= 0.6 is 22.6 Å². The van der Waals surface area contributed by atoms with Crippen molar-refractivity contribution in [3.05, 3.63) is 63.2 Å². The summed E-state index contributed by atoms with van der Waals surface area (Å²) >= 11 is 2.19. The van der Waals surface area contributed by atoms with Crippen LogP contribution in [0.2, 0.25) is 0 Å². The SMILES string of the molecule is CN(C)c1ccc(/C=C2/C(=O)NN(c3ccc(I)cc3)C2=O)cc1. The fourth-order valence-corrected chi connectivity index (χ4v) is 2.72. The van der Waals surface area contributed by atoms with Crippen LogP contribution in [-0.2, 0) is 9.59 Å². The second-order valence-electron chi connectivity index (χ2n) is 5.60. The maximum atomic E-state index is 12.5. The Labute approximate surface area is 154 Å². The van der Waals surface area contributed by atoms with Gasteiger partial charge in [0, 0.05) is 23.4 Å². The van der Waals surface area contributed by atoms with E-state index in [1.807, 2.05) is 55.4 Å². The molecule has 0 aromatic heterocycles. The Bertz CT molecular complexity index is 811. The van der Waals surface area contributed by atoms with Crippen molar-refractivity contribution >= 4 is 51.9 Å². The van der Waals surface area contributed by atoms with Crippen molar-refractivity contribution in [3.63, 3.8) is 0 Å². The molecule has 1 heterocycles. The summed E-state index contributed by atoms with van der Waals surface area (Å²) in [5, 5.41) is 1.28. The number of carbonyl (C=O) groups excluding carboxylic acids is 2. The third kappa shape index (κ3) is 3.28. The summed E-state index contributed by atoms with van der Waals surface area (Å²) in [6.45, 7) is 0. The molecule has 0 atom stereocenters. The van der Waals surface area contributed by atoms with Gasteiger partial charge in [0.2, 0.25) is 0 Å². The van der Waals surface area contributed by atoms with Gasteiger partial charge in [0.05, 0.1) is 5.69 Å². The van der Waals surface area contributed by atoms with Gasteiger partial charge in [-0.15, -0.1) is 0 Å². The van der Waals surface area contributed by atoms with Crippen molar-refractivity contribution in [3.8, 4) is 0 Å². The average molecular weight is 433 g/mol. The van der Waals surface area contributed by atoms with Gasteiger partial charge in [0.1, 0.15) is 5.57 Å². The lowest BCUT2D eigenvalue weighted by atomic mass is 10.1. The summed E-state index contributed by atoms with van der Waals surface area (Å²) in [5.41, 5.74) is 5.24. The van der Waals surface area contributed by atoms with Gasteiger partial charge in [-0.1, -0.05) is 12.1 Å². The lowest BCUT2D eigenvalue weighted by Crippen LogP contribution is -2.35. The zero-order valence-corrected chi connectivity index (χ0v) is 15.4. The molecule has 1 fully saturated rings. The van der Waals surface area contributed by atoms with Gasteiger partial charge in [-0.25, -0.2) is 5.01 Å². The van der Waals surface area contributed by atoms with E-state index in [0.29, 0.717) is 5.69 Å². The molecule has 0 radical (unpaired) electrons. The Morgan fingerprint density at radius 1 is 1.00 bits per heavy atom. The molecule has 3 rings (SSSR count). The van der Waals surface area contributed by atoms with Crippen LogP contribution in [0, 0.1) is 3.57 Å². The number of nitrogens with zero attached hydrogens (tertiary/aromatic N) is 2. The maximum absolute atomic E-state index is 12.5. The number of hydrogen-bond acceptors (Lipinski definition) is 3. The van der Waals surface area contributed by atoms with Crippen LogP contribution in [0.4, 0.5) is 11.4 Å². The van der Waals surface area contributed by atoms with Gasteiger partial charge in [0.15, 0.2) is 0 Å². The van der Waals surface area contributed by atoms with E-state index in [1.54, 1.807) is 18.2 Å². The van der Waals surface area contributed by atoms with Crippen LogP contribution in [0.15, 0.2) is 54.1 Å². The summed E-state index contributed by atoms with van der Waals surface area (Å²) in [7, 11) is 3.92. The van der Waals surface area contributed by atoms with Crippen molar-refractivity contribution in [2.75, 3.05) is 24.0 Å². The predicted molar refractivity (Wildman–Crippen MR) is 104 cm³/mol. The number of anilines is 2. The highest BCUT2D eigenvalue weighted by Crippen LogP contribution is 2.23. The molecule has 1 aliphatic rings. The molecule has 5 nitrogen and oxygen atoms in total. The summed E-state index contributed by atoms with van der Waals surface area (Å²) in [4.78, 5) is 26.7. The van der Waals surface area contributed by atoms with Crippen LogP contribution in [0.1, 0.15) is 5.56 Å². The zero-order valence-electron chi connectivity index (χ0n) is 13.3. The van der Waals surface area contributed by atoms with Crippen molar-refractivity contribution in [2.45, 2.75) is 0 Å². The molecular weight excluding hydrogens is 417 g/mol. The van der Waals surface area contributed by atoms with Crippen molar-refractivity contribution in [1.29, 1.82) is 0 Å². The first-order valence-corrected chi connectivity index (χ1v) is 8.43. The van der Waals surface area contributed by atoms with Crippen molar-refractivity contribution in [1.82, 2.24) is 5.43 Å². The number of rotatable bonds is 3. The molecule has 6 heteroatoms. The molecule has 2 amide bonds. The second kappa shape index (κ2) is 6.64. The molecule has 0 bridgehead atoms. The third-order valence-electron chi connectivity index (χ3n) is 3.70. The highest BCUT2D eigenvalue weighted by atomic mass is 127. The van der Waals surface area contributed by atoms with Gasteiger partial charge in [0.25, 0.3) is 11.8 Å². The molecule has 0 saturated carbocycles. The Hall–Kier alpha value is -2.35. The van der Waals surface area contributed by atoms with E-state index in [2.05, 4.69) is 28.0 Å². The minimum atomic E-state index is -0.393. The van der Waals surface area contributed by atoms with E-state index in [4.69, 9.17) is 0 Å². The molecular formula is C18H16IN3O2. The summed E-state index contributed by atoms with van der Waals surface area (Å²) in [5.74, 6) is -0.742. The number of hydrogen-bond donors (Lipinski definition) is 1. The molecule has 1 aliphatic heterocycles. The van der Waals surface area contributed by atoms with Crippen LogP contribution in [0.25, 0.3) is 6.08 Å². The predicted octanol–water partition coefficient (Wildman–Crippen LogP) is 2.82. The number of hydrazine groups is 1. The van der Waals surface area contributed by atoms with E-state index >= 15 is 0 Å². The van der Waals surface area contributed by atoms with Crippen LogP contribution in [0.5, 0.6) is 0 Å². The first-order chi connectivity index (χ1) is 11.5. The van der Waals surface area contributed by atoms with Crippen LogP contribution in [-0.4, -0.2) is 25.9 Å². The smallest absolute Gasteiger partial charge is 0.282 e. The van der Waals surface area contributed by atoms with Crippen molar-refractivity contribution < 1.29 is 9.59 Å². The molecule has 0 unspecified atom stereocenters. The van der Waals surface area contributed by atoms with Crippen LogP contribution < -0.4 is 15.3 Å². The molecule has 0 aliphatic carbocycles. The first kappa shape index (κ1) is 16.5. The topological polar surface area (TPSA) is 52.7 Å². The van der Waals surface area contributed by atoms with Gasteiger partial charge < -0.3 is 4.90 Å². The zero-order chi connectivity index (χ0) is 17.3. The lowest BCUT2D eigenvalue weighted by Gasteiger charge is -2.14. The lowest BCUT2D eigenvalue weighted by molar-refractivity contribution is -0.117. The largest absolute Gasteiger partial charge is 0.378 e. The molecule has 1 saturated heterocycles. The third-order valence-corrected chi connectivity index (χ3v) is 4.42.